The highest BCUT2D eigenvalue weighted by Crippen LogP contribution is 2.38. The number of hydrogen-bond acceptors (Lipinski definition) is 7. The molecule has 1 aliphatic rings. The molecule has 166 valence electrons. The first kappa shape index (κ1) is 21.7. The molecule has 2 aromatic heterocycles. The number of imidazole rings is 1. The quantitative estimate of drug-likeness (QED) is 0.536. The molecule has 1 aliphatic heterocycles. The molecule has 0 unspecified atom stereocenters. The zero-order valence-electron chi connectivity index (χ0n) is 18.3. The Balaban J connectivity index is 1.64. The van der Waals surface area contributed by atoms with E-state index in [2.05, 4.69) is 29.2 Å². The van der Waals surface area contributed by atoms with Crippen LogP contribution in [0.25, 0.3) is 17.0 Å². The Labute approximate surface area is 187 Å². The van der Waals surface area contributed by atoms with Crippen LogP contribution in [-0.2, 0) is 0 Å². The minimum atomic E-state index is 0.518. The smallest absolute Gasteiger partial charge is 0.236 e. The average molecular weight is 445 g/mol. The number of rotatable bonds is 8. The van der Waals surface area contributed by atoms with Gasteiger partial charge in [-0.15, -0.1) is 0 Å². The van der Waals surface area contributed by atoms with Gasteiger partial charge < -0.3 is 24.6 Å². The number of nitrogens with zero attached hydrogens (tertiary/aromatic N) is 5. The lowest BCUT2D eigenvalue weighted by Gasteiger charge is -2.28. The average Bonchev–Trinajstić information content (AvgIpc) is 3.21. The lowest BCUT2D eigenvalue weighted by Crippen LogP contribution is -2.43. The van der Waals surface area contributed by atoms with E-state index in [1.807, 2.05) is 35.0 Å². The largest absolute Gasteiger partial charge is 0.495 e. The first-order valence-corrected chi connectivity index (χ1v) is 10.9. The van der Waals surface area contributed by atoms with E-state index in [-0.39, 0.29) is 0 Å². The molecular formula is C22H29ClN6O2. The summed E-state index contributed by atoms with van der Waals surface area (Å²) < 4.78 is 13.4. The molecular weight excluding hydrogens is 416 g/mol. The molecule has 1 fully saturated rings. The first-order chi connectivity index (χ1) is 15.0. The number of benzene rings is 1. The molecule has 0 saturated carbocycles. The van der Waals surface area contributed by atoms with Crippen molar-refractivity contribution in [2.45, 2.75) is 6.42 Å². The molecule has 0 aliphatic carbocycles. The van der Waals surface area contributed by atoms with Crippen molar-refractivity contribution in [2.75, 3.05) is 65.4 Å². The second kappa shape index (κ2) is 9.72. The predicted octanol–water partition coefficient (Wildman–Crippen LogP) is 2.80. The SMILES string of the molecule is COc1cc(OCCCN(C)C)c(-c2cn3ccc(N4CCNCC4)nc3n2)cc1Cl. The molecule has 3 aromatic rings. The van der Waals surface area contributed by atoms with E-state index in [1.54, 1.807) is 7.11 Å². The van der Waals surface area contributed by atoms with Crippen molar-refractivity contribution in [3.8, 4) is 22.8 Å². The van der Waals surface area contributed by atoms with Crippen LogP contribution >= 0.6 is 11.6 Å². The fourth-order valence-electron chi connectivity index (χ4n) is 3.64. The van der Waals surface area contributed by atoms with Crippen LogP contribution in [0.4, 0.5) is 5.82 Å². The van der Waals surface area contributed by atoms with Crippen LogP contribution in [0.2, 0.25) is 5.02 Å². The van der Waals surface area contributed by atoms with Crippen LogP contribution in [-0.4, -0.2) is 79.8 Å². The number of ether oxygens (including phenoxy) is 2. The summed E-state index contributed by atoms with van der Waals surface area (Å²) in [5.41, 5.74) is 1.59. The van der Waals surface area contributed by atoms with Gasteiger partial charge in [0, 0.05) is 56.7 Å². The van der Waals surface area contributed by atoms with E-state index in [9.17, 15) is 0 Å². The van der Waals surface area contributed by atoms with E-state index in [4.69, 9.17) is 31.0 Å². The standard InChI is InChI=1S/C22H29ClN6O2/c1-27(2)8-4-12-31-19-14-20(30-3)17(23)13-16(19)18-15-29-9-5-21(26-22(29)25-18)28-10-6-24-7-11-28/h5,9,13-15,24H,4,6-8,10-12H2,1-3H3. The number of fused-ring (bicyclic) bond motifs is 1. The minimum Gasteiger partial charge on any atom is -0.495 e. The van der Waals surface area contributed by atoms with Gasteiger partial charge in [0.15, 0.2) is 0 Å². The third kappa shape index (κ3) is 5.03. The molecule has 1 saturated heterocycles. The monoisotopic (exact) mass is 444 g/mol. The number of nitrogens with one attached hydrogen (secondary N) is 1. The highest BCUT2D eigenvalue weighted by atomic mass is 35.5. The van der Waals surface area contributed by atoms with E-state index in [0.29, 0.717) is 28.9 Å². The molecule has 0 amide bonds. The molecule has 1 aromatic carbocycles. The second-order valence-corrected chi connectivity index (χ2v) is 8.25. The normalized spacial score (nSPS) is 14.4. The van der Waals surface area contributed by atoms with Crippen molar-refractivity contribution in [1.82, 2.24) is 24.6 Å². The van der Waals surface area contributed by atoms with Crippen LogP contribution < -0.4 is 19.7 Å². The highest BCUT2D eigenvalue weighted by molar-refractivity contribution is 6.32. The van der Waals surface area contributed by atoms with Gasteiger partial charge in [0.25, 0.3) is 0 Å². The number of piperazine rings is 1. The molecule has 3 heterocycles. The predicted molar refractivity (Wildman–Crippen MR) is 124 cm³/mol. The van der Waals surface area contributed by atoms with E-state index in [1.165, 1.54) is 0 Å². The van der Waals surface area contributed by atoms with Gasteiger partial charge in [0.05, 0.1) is 24.4 Å². The lowest BCUT2D eigenvalue weighted by atomic mass is 10.1. The Bertz CT molecular complexity index is 1030. The van der Waals surface area contributed by atoms with Crippen molar-refractivity contribution in [3.63, 3.8) is 0 Å². The van der Waals surface area contributed by atoms with Gasteiger partial charge in [-0.3, -0.25) is 4.40 Å². The zero-order valence-corrected chi connectivity index (χ0v) is 19.0. The van der Waals surface area contributed by atoms with Crippen molar-refractivity contribution >= 4 is 23.2 Å². The molecule has 9 heteroatoms. The van der Waals surface area contributed by atoms with Gasteiger partial charge in [-0.05, 0) is 32.6 Å². The molecule has 4 rings (SSSR count). The van der Waals surface area contributed by atoms with Crippen LogP contribution in [0.15, 0.2) is 30.6 Å². The maximum Gasteiger partial charge on any atom is 0.236 e. The van der Waals surface area contributed by atoms with Gasteiger partial charge in [-0.2, -0.15) is 4.98 Å². The maximum atomic E-state index is 6.43. The van der Waals surface area contributed by atoms with Crippen molar-refractivity contribution in [2.24, 2.45) is 0 Å². The summed E-state index contributed by atoms with van der Waals surface area (Å²) in [6.07, 6.45) is 4.87. The summed E-state index contributed by atoms with van der Waals surface area (Å²) in [7, 11) is 5.70. The highest BCUT2D eigenvalue weighted by Gasteiger charge is 2.17. The first-order valence-electron chi connectivity index (χ1n) is 10.5. The molecule has 0 bridgehead atoms. The van der Waals surface area contributed by atoms with Gasteiger partial charge in [-0.25, -0.2) is 4.98 Å². The molecule has 0 spiro atoms. The molecule has 31 heavy (non-hydrogen) atoms. The number of methoxy groups -OCH3 is 1. The molecule has 8 nitrogen and oxygen atoms in total. The Morgan fingerprint density at radius 1 is 1.16 bits per heavy atom. The van der Waals surface area contributed by atoms with E-state index < -0.39 is 0 Å². The number of halogens is 1. The Hall–Kier alpha value is -2.55. The van der Waals surface area contributed by atoms with E-state index >= 15 is 0 Å². The lowest BCUT2D eigenvalue weighted by molar-refractivity contribution is 0.281. The Kier molecular flexibility index (Phi) is 6.80. The van der Waals surface area contributed by atoms with Crippen LogP contribution in [0.1, 0.15) is 6.42 Å². The van der Waals surface area contributed by atoms with Crippen LogP contribution in [0, 0.1) is 0 Å². The summed E-state index contributed by atoms with van der Waals surface area (Å²) >= 11 is 6.43. The zero-order chi connectivity index (χ0) is 21.8. The summed E-state index contributed by atoms with van der Waals surface area (Å²) in [6, 6.07) is 5.71. The molecule has 0 radical (unpaired) electrons. The molecule has 1 N–H and O–H groups in total. The van der Waals surface area contributed by atoms with Crippen LogP contribution in [0.5, 0.6) is 11.5 Å². The van der Waals surface area contributed by atoms with Gasteiger partial charge in [0.2, 0.25) is 5.78 Å². The van der Waals surface area contributed by atoms with Crippen molar-refractivity contribution in [1.29, 1.82) is 0 Å². The van der Waals surface area contributed by atoms with E-state index in [0.717, 1.165) is 56.2 Å². The Morgan fingerprint density at radius 3 is 2.71 bits per heavy atom. The number of hydrogen-bond donors (Lipinski definition) is 1. The third-order valence-corrected chi connectivity index (χ3v) is 5.59. The van der Waals surface area contributed by atoms with Gasteiger partial charge in [0.1, 0.15) is 17.3 Å². The molecule has 0 atom stereocenters. The summed E-state index contributed by atoms with van der Waals surface area (Å²) in [5, 5.41) is 3.88. The fourth-order valence-corrected chi connectivity index (χ4v) is 3.88. The second-order valence-electron chi connectivity index (χ2n) is 7.84. The Morgan fingerprint density at radius 2 is 1.97 bits per heavy atom. The fraction of sp³-hybridized carbons (Fsp3) is 0.455. The number of anilines is 1. The maximum absolute atomic E-state index is 6.43. The third-order valence-electron chi connectivity index (χ3n) is 5.29. The number of aromatic nitrogens is 3. The topological polar surface area (TPSA) is 67.2 Å². The summed E-state index contributed by atoms with van der Waals surface area (Å²) in [6.45, 7) is 5.35. The minimum absolute atomic E-state index is 0.518. The summed E-state index contributed by atoms with van der Waals surface area (Å²) in [4.78, 5) is 14.0. The van der Waals surface area contributed by atoms with Gasteiger partial charge >= 0.3 is 0 Å². The van der Waals surface area contributed by atoms with Gasteiger partial charge in [-0.1, -0.05) is 11.6 Å². The van der Waals surface area contributed by atoms with Crippen LogP contribution in [0.3, 0.4) is 0 Å². The van der Waals surface area contributed by atoms with Crippen molar-refractivity contribution in [3.05, 3.63) is 35.6 Å². The van der Waals surface area contributed by atoms with Crippen molar-refractivity contribution < 1.29 is 9.47 Å². The summed E-state index contributed by atoms with van der Waals surface area (Å²) in [5.74, 6) is 2.87.